The molecule has 2 aliphatic rings. The summed E-state index contributed by atoms with van der Waals surface area (Å²) in [5.41, 5.74) is 12.8. The summed E-state index contributed by atoms with van der Waals surface area (Å²) in [5, 5.41) is 0. The van der Waals surface area contributed by atoms with E-state index in [-0.39, 0.29) is 22.2 Å². The van der Waals surface area contributed by atoms with Crippen LogP contribution < -0.4 is 21.8 Å². The molecule has 1 aliphatic heterocycles. The maximum absolute atomic E-state index is 13.3. The van der Waals surface area contributed by atoms with Gasteiger partial charge in [-0.25, -0.2) is 4.98 Å². The first-order valence-electron chi connectivity index (χ1n) is 10.2. The van der Waals surface area contributed by atoms with E-state index in [2.05, 4.69) is 14.9 Å². The van der Waals surface area contributed by atoms with Crippen molar-refractivity contribution in [2.24, 2.45) is 11.1 Å². The lowest BCUT2D eigenvalue weighted by Gasteiger charge is -2.43. The highest BCUT2D eigenvalue weighted by Crippen LogP contribution is 2.46. The van der Waals surface area contributed by atoms with Gasteiger partial charge in [-0.15, -0.1) is 0 Å². The molecular formula is C20H25BF3N5S. The number of alkyl halides is 3. The van der Waals surface area contributed by atoms with E-state index in [0.29, 0.717) is 4.90 Å². The molecule has 4 N–H and O–H groups in total. The van der Waals surface area contributed by atoms with Crippen molar-refractivity contribution in [2.45, 2.75) is 54.1 Å². The van der Waals surface area contributed by atoms with Gasteiger partial charge in [0.25, 0.3) is 0 Å². The Morgan fingerprint density at radius 2 is 1.93 bits per heavy atom. The molecule has 4 rings (SSSR count). The molecule has 0 radical (unpaired) electrons. The van der Waals surface area contributed by atoms with Gasteiger partial charge in [0.2, 0.25) is 0 Å². The summed E-state index contributed by atoms with van der Waals surface area (Å²) in [4.78, 5) is 10.8. The number of piperidine rings is 1. The highest BCUT2D eigenvalue weighted by molar-refractivity contribution is 7.99. The summed E-state index contributed by atoms with van der Waals surface area (Å²) >= 11 is 0.948. The van der Waals surface area contributed by atoms with Gasteiger partial charge in [0.05, 0.1) is 4.90 Å². The van der Waals surface area contributed by atoms with Crippen LogP contribution in [0.3, 0.4) is 0 Å². The summed E-state index contributed by atoms with van der Waals surface area (Å²) in [5.74, 6) is 1.04. The van der Waals surface area contributed by atoms with Gasteiger partial charge in [-0.3, -0.25) is 4.98 Å². The molecule has 1 atom stereocenters. The largest absolute Gasteiger partial charge is 0.434 e. The van der Waals surface area contributed by atoms with Crippen molar-refractivity contribution in [2.75, 3.05) is 23.7 Å². The Labute approximate surface area is 179 Å². The molecule has 1 spiro atoms. The van der Waals surface area contributed by atoms with Gasteiger partial charge in [0.1, 0.15) is 19.5 Å². The molecule has 1 saturated heterocycles. The number of halogens is 3. The second-order valence-corrected chi connectivity index (χ2v) is 9.39. The van der Waals surface area contributed by atoms with Crippen LogP contribution in [0.25, 0.3) is 0 Å². The zero-order valence-corrected chi connectivity index (χ0v) is 17.7. The summed E-state index contributed by atoms with van der Waals surface area (Å²) in [6, 6.07) is 4.98. The second kappa shape index (κ2) is 7.96. The van der Waals surface area contributed by atoms with E-state index in [1.807, 2.05) is 13.9 Å². The standard InChI is InChI=1S/C20H25BF3N5S/c21-12-11-14(30-13-3-2-8-27-16(13)20(22,23)24)17(26)28-18(12)29-9-6-19(7-10-29)5-1-4-15(19)25/h2-3,8,11,15H,1,4-7,9-10,21,25H2,(H2,26,28). The molecule has 0 amide bonds. The van der Waals surface area contributed by atoms with Crippen LogP contribution in [0.4, 0.5) is 24.8 Å². The summed E-state index contributed by atoms with van der Waals surface area (Å²) < 4.78 is 39.8. The number of aromatic nitrogens is 2. The molecule has 30 heavy (non-hydrogen) atoms. The van der Waals surface area contributed by atoms with E-state index in [9.17, 15) is 13.2 Å². The number of pyridine rings is 2. The Balaban J connectivity index is 1.54. The molecule has 1 unspecified atom stereocenters. The van der Waals surface area contributed by atoms with Crippen LogP contribution in [0, 0.1) is 5.41 Å². The van der Waals surface area contributed by atoms with Crippen LogP contribution in [0.15, 0.2) is 34.2 Å². The van der Waals surface area contributed by atoms with Gasteiger partial charge < -0.3 is 16.4 Å². The number of nitrogen functional groups attached to an aromatic ring is 1. The lowest BCUT2D eigenvalue weighted by Crippen LogP contribution is -2.48. The minimum Gasteiger partial charge on any atom is -0.383 e. The third-order valence-electron chi connectivity index (χ3n) is 6.47. The molecule has 0 bridgehead atoms. The topological polar surface area (TPSA) is 81.1 Å². The third-order valence-corrected chi connectivity index (χ3v) is 7.57. The summed E-state index contributed by atoms with van der Waals surface area (Å²) in [6.45, 7) is 1.74. The fourth-order valence-electron chi connectivity index (χ4n) is 4.75. The van der Waals surface area contributed by atoms with Crippen LogP contribution in [-0.2, 0) is 6.18 Å². The zero-order valence-electron chi connectivity index (χ0n) is 16.9. The Morgan fingerprint density at radius 3 is 2.57 bits per heavy atom. The van der Waals surface area contributed by atoms with Crippen molar-refractivity contribution in [1.82, 2.24) is 9.97 Å². The minimum atomic E-state index is -4.52. The molecular weight excluding hydrogens is 410 g/mol. The molecule has 3 heterocycles. The van der Waals surface area contributed by atoms with Crippen molar-refractivity contribution < 1.29 is 13.2 Å². The maximum atomic E-state index is 13.3. The van der Waals surface area contributed by atoms with E-state index in [1.54, 1.807) is 0 Å². The van der Waals surface area contributed by atoms with Crippen molar-refractivity contribution in [3.8, 4) is 0 Å². The van der Waals surface area contributed by atoms with Crippen LogP contribution in [0.1, 0.15) is 37.8 Å². The second-order valence-electron chi connectivity index (χ2n) is 8.31. The molecule has 2 aromatic heterocycles. The maximum Gasteiger partial charge on any atom is 0.434 e. The molecule has 1 saturated carbocycles. The van der Waals surface area contributed by atoms with Crippen LogP contribution in [-0.4, -0.2) is 36.9 Å². The fourth-order valence-corrected chi connectivity index (χ4v) is 5.78. The smallest absolute Gasteiger partial charge is 0.383 e. The molecule has 160 valence electrons. The van der Waals surface area contributed by atoms with Crippen molar-refractivity contribution >= 4 is 36.7 Å². The average Bonchev–Trinajstić information content (AvgIpc) is 3.05. The SMILES string of the molecule is Bc1cc(Sc2cccnc2C(F)(F)F)c(N)nc1N1CCC2(CCCC2N)CC1. The number of hydrogen-bond donors (Lipinski definition) is 2. The van der Waals surface area contributed by atoms with E-state index in [0.717, 1.165) is 61.6 Å². The Kier molecular flexibility index (Phi) is 5.65. The monoisotopic (exact) mass is 435 g/mol. The van der Waals surface area contributed by atoms with Crippen molar-refractivity contribution in [3.05, 3.63) is 30.1 Å². The third kappa shape index (κ3) is 3.99. The fraction of sp³-hybridized carbons (Fsp3) is 0.500. The first kappa shape index (κ1) is 21.3. The normalized spacial score (nSPS) is 21.3. The number of anilines is 2. The van der Waals surface area contributed by atoms with E-state index in [1.165, 1.54) is 25.0 Å². The highest BCUT2D eigenvalue weighted by atomic mass is 32.2. The van der Waals surface area contributed by atoms with E-state index >= 15 is 0 Å². The Morgan fingerprint density at radius 1 is 1.20 bits per heavy atom. The van der Waals surface area contributed by atoms with Gasteiger partial charge in [0.15, 0.2) is 5.69 Å². The molecule has 2 aromatic rings. The van der Waals surface area contributed by atoms with Gasteiger partial charge in [0, 0.05) is 30.2 Å². The predicted molar refractivity (Wildman–Crippen MR) is 116 cm³/mol. The molecule has 10 heteroatoms. The molecule has 2 fully saturated rings. The summed E-state index contributed by atoms with van der Waals surface area (Å²) in [7, 11) is 1.92. The van der Waals surface area contributed by atoms with Gasteiger partial charge in [-0.05, 0) is 54.8 Å². The van der Waals surface area contributed by atoms with E-state index in [4.69, 9.17) is 11.5 Å². The molecule has 5 nitrogen and oxygen atoms in total. The average molecular weight is 435 g/mol. The number of nitrogens with zero attached hydrogens (tertiary/aromatic N) is 3. The van der Waals surface area contributed by atoms with Crippen molar-refractivity contribution in [1.29, 1.82) is 0 Å². The van der Waals surface area contributed by atoms with Crippen LogP contribution in [0.5, 0.6) is 0 Å². The lowest BCUT2D eigenvalue weighted by atomic mass is 9.74. The number of rotatable bonds is 3. The van der Waals surface area contributed by atoms with Gasteiger partial charge in [-0.2, -0.15) is 13.2 Å². The predicted octanol–water partition coefficient (Wildman–Crippen LogP) is 2.59. The Hall–Kier alpha value is -1.94. The molecule has 0 aromatic carbocycles. The van der Waals surface area contributed by atoms with Crippen molar-refractivity contribution in [3.63, 3.8) is 0 Å². The van der Waals surface area contributed by atoms with Gasteiger partial charge in [-0.1, -0.05) is 18.2 Å². The van der Waals surface area contributed by atoms with Gasteiger partial charge >= 0.3 is 6.18 Å². The number of hydrogen-bond acceptors (Lipinski definition) is 6. The first-order valence-corrected chi connectivity index (χ1v) is 11.0. The zero-order chi connectivity index (χ0) is 21.5. The van der Waals surface area contributed by atoms with Crippen LogP contribution >= 0.6 is 11.8 Å². The first-order chi connectivity index (χ1) is 14.2. The minimum absolute atomic E-state index is 0.0146. The summed E-state index contributed by atoms with van der Waals surface area (Å²) in [6.07, 6.45) is 2.19. The highest BCUT2D eigenvalue weighted by Gasteiger charge is 2.43. The van der Waals surface area contributed by atoms with E-state index < -0.39 is 11.9 Å². The number of nitrogens with two attached hydrogens (primary N) is 2. The van der Waals surface area contributed by atoms with Crippen LogP contribution in [0.2, 0.25) is 0 Å². The lowest BCUT2D eigenvalue weighted by molar-refractivity contribution is -0.143. The Bertz CT molecular complexity index is 931. The molecule has 1 aliphatic carbocycles. The quantitative estimate of drug-likeness (QED) is 0.722.